The van der Waals surface area contributed by atoms with E-state index in [9.17, 15) is 32.0 Å². The predicted molar refractivity (Wildman–Crippen MR) is 94.1 cm³/mol. The van der Waals surface area contributed by atoms with Crippen LogP contribution in [0.4, 0.5) is 22.0 Å². The first-order chi connectivity index (χ1) is 13.5. The number of amides is 1. The van der Waals surface area contributed by atoms with Crippen molar-refractivity contribution in [2.45, 2.75) is 25.4 Å². The first-order valence-electron chi connectivity index (χ1n) is 7.87. The molecule has 5 nitrogen and oxygen atoms in total. The Labute approximate surface area is 170 Å². The van der Waals surface area contributed by atoms with E-state index in [-0.39, 0.29) is 15.8 Å². The second-order valence-electron chi connectivity index (χ2n) is 5.67. The molecule has 0 aliphatic heterocycles. The highest BCUT2D eigenvalue weighted by atomic mass is 79.9. The number of ether oxygens (including phenoxy) is 2. The minimum Gasteiger partial charge on any atom is -0.486 e. The number of carbonyl (C=O) groups is 1. The van der Waals surface area contributed by atoms with Gasteiger partial charge in [0.25, 0.3) is 5.91 Å². The van der Waals surface area contributed by atoms with E-state index in [0.29, 0.717) is 0 Å². The summed E-state index contributed by atoms with van der Waals surface area (Å²) in [6, 6.07) is 6.29. The Balaban J connectivity index is 2.06. The minimum absolute atomic E-state index is 0.0269. The maximum Gasteiger partial charge on any atom is 0.573 e. The number of nitrogens with one attached hydrogen (secondary N) is 1. The molecule has 2 aromatic rings. The van der Waals surface area contributed by atoms with Crippen LogP contribution in [0.3, 0.4) is 0 Å². The largest absolute Gasteiger partial charge is 0.573 e. The molecule has 0 aliphatic rings. The van der Waals surface area contributed by atoms with Crippen molar-refractivity contribution in [3.63, 3.8) is 0 Å². The number of halogens is 6. The number of carbonyl (C=O) groups excluding carboxylic acids is 1. The molecule has 2 atom stereocenters. The number of hydrogen-bond donors (Lipinski definition) is 1. The summed E-state index contributed by atoms with van der Waals surface area (Å²) < 4.78 is 72.2. The number of alkyl halides is 3. The molecule has 0 aliphatic carbocycles. The van der Waals surface area contributed by atoms with Crippen LogP contribution in [0.5, 0.6) is 11.5 Å². The lowest BCUT2D eigenvalue weighted by atomic mass is 10.1. The molecule has 1 N–H and O–H groups in total. The fourth-order valence-electron chi connectivity index (χ4n) is 2.15. The predicted octanol–water partition coefficient (Wildman–Crippen LogP) is 4.72. The molecule has 0 aromatic heterocycles. The monoisotopic (exact) mass is 478 g/mol. The van der Waals surface area contributed by atoms with Crippen LogP contribution in [0.25, 0.3) is 0 Å². The molecule has 0 heterocycles. The zero-order valence-electron chi connectivity index (χ0n) is 14.6. The summed E-state index contributed by atoms with van der Waals surface area (Å²) in [4.78, 5) is 12.2. The van der Waals surface area contributed by atoms with Crippen LogP contribution in [0, 0.1) is 23.0 Å². The number of hydrogen-bond acceptors (Lipinski definition) is 4. The number of nitrogens with zero attached hydrogens (tertiary/aromatic N) is 1. The Morgan fingerprint density at radius 1 is 1.17 bits per heavy atom. The Morgan fingerprint density at radius 2 is 1.76 bits per heavy atom. The van der Waals surface area contributed by atoms with Crippen LogP contribution in [-0.2, 0) is 0 Å². The highest BCUT2D eigenvalue weighted by Crippen LogP contribution is 2.29. The molecule has 0 saturated heterocycles. The van der Waals surface area contributed by atoms with E-state index in [1.165, 1.54) is 6.92 Å². The zero-order chi connectivity index (χ0) is 21.8. The summed E-state index contributed by atoms with van der Waals surface area (Å²) in [7, 11) is 0. The van der Waals surface area contributed by atoms with Gasteiger partial charge in [-0.2, -0.15) is 5.26 Å². The van der Waals surface area contributed by atoms with Gasteiger partial charge >= 0.3 is 6.36 Å². The van der Waals surface area contributed by atoms with Crippen LogP contribution in [0.15, 0.2) is 40.9 Å². The van der Waals surface area contributed by atoms with Gasteiger partial charge in [0.05, 0.1) is 10.5 Å². The van der Waals surface area contributed by atoms with Crippen molar-refractivity contribution in [3.05, 3.63) is 58.1 Å². The van der Waals surface area contributed by atoms with E-state index in [2.05, 4.69) is 26.0 Å². The number of rotatable bonds is 6. The van der Waals surface area contributed by atoms with Crippen molar-refractivity contribution in [2.24, 2.45) is 0 Å². The molecule has 0 saturated carbocycles. The smallest absolute Gasteiger partial charge is 0.486 e. The molecule has 2 unspecified atom stereocenters. The van der Waals surface area contributed by atoms with E-state index in [1.54, 1.807) is 6.07 Å². The fourth-order valence-corrected chi connectivity index (χ4v) is 2.56. The third-order valence-corrected chi connectivity index (χ3v) is 4.15. The average Bonchev–Trinajstić information content (AvgIpc) is 2.63. The Morgan fingerprint density at radius 3 is 2.31 bits per heavy atom. The fraction of sp³-hybridized carbons (Fsp3) is 0.222. The van der Waals surface area contributed by atoms with Crippen molar-refractivity contribution < 1.29 is 36.2 Å². The molecular weight excluding hydrogens is 467 g/mol. The van der Waals surface area contributed by atoms with Gasteiger partial charge in [0.2, 0.25) is 0 Å². The Kier molecular flexibility index (Phi) is 7.02. The minimum atomic E-state index is -4.86. The van der Waals surface area contributed by atoms with Gasteiger partial charge in [-0.15, -0.1) is 13.2 Å². The third kappa shape index (κ3) is 6.32. The quantitative estimate of drug-likeness (QED) is 0.481. The van der Waals surface area contributed by atoms with Gasteiger partial charge in [-0.25, -0.2) is 8.78 Å². The van der Waals surface area contributed by atoms with Crippen LogP contribution in [0.1, 0.15) is 17.3 Å². The Bertz CT molecular complexity index is 929. The topological polar surface area (TPSA) is 71.3 Å². The van der Waals surface area contributed by atoms with Crippen LogP contribution < -0.4 is 14.8 Å². The van der Waals surface area contributed by atoms with Gasteiger partial charge in [0, 0.05) is 11.6 Å². The number of nitriles is 1. The molecule has 2 aromatic carbocycles. The second kappa shape index (κ2) is 9.09. The molecule has 0 spiro atoms. The summed E-state index contributed by atoms with van der Waals surface area (Å²) in [6.45, 7) is 1.42. The van der Waals surface area contributed by atoms with Gasteiger partial charge in [-0.3, -0.25) is 4.79 Å². The molecule has 0 bridgehead atoms. The van der Waals surface area contributed by atoms with Gasteiger partial charge in [-0.1, -0.05) is 0 Å². The maximum absolute atomic E-state index is 13.4. The second-order valence-corrected chi connectivity index (χ2v) is 6.53. The summed E-state index contributed by atoms with van der Waals surface area (Å²) >= 11 is 3.00. The standard InChI is InChI=1S/C18H12BrF5N2O3/c1-9(28-16-7-14(21)13(20)6-12(16)19)15(8-25)26-17(27)10-2-4-11(5-3-10)29-18(22,23)24/h2-7,9,15H,1H3,(H,26,27). The van der Waals surface area contributed by atoms with Crippen molar-refractivity contribution in [1.29, 1.82) is 5.26 Å². The van der Waals surface area contributed by atoms with Gasteiger partial charge in [-0.05, 0) is 53.2 Å². The summed E-state index contributed by atoms with van der Waals surface area (Å²) in [6.07, 6.45) is -5.84. The molecule has 0 radical (unpaired) electrons. The lowest BCUT2D eigenvalue weighted by Crippen LogP contribution is -2.43. The van der Waals surface area contributed by atoms with E-state index in [0.717, 1.165) is 36.4 Å². The van der Waals surface area contributed by atoms with Gasteiger partial charge < -0.3 is 14.8 Å². The normalized spacial score (nSPS) is 13.2. The highest BCUT2D eigenvalue weighted by Gasteiger charge is 2.31. The van der Waals surface area contributed by atoms with Crippen LogP contribution >= 0.6 is 15.9 Å². The van der Waals surface area contributed by atoms with Crippen LogP contribution in [-0.4, -0.2) is 24.4 Å². The maximum atomic E-state index is 13.4. The lowest BCUT2D eigenvalue weighted by Gasteiger charge is -2.21. The van der Waals surface area contributed by atoms with Gasteiger partial charge in [0.15, 0.2) is 17.7 Å². The molecule has 2 rings (SSSR count). The van der Waals surface area contributed by atoms with E-state index < -0.39 is 41.8 Å². The Hall–Kier alpha value is -2.87. The SMILES string of the molecule is CC(Oc1cc(F)c(F)cc1Br)C(C#N)NC(=O)c1ccc(OC(F)(F)F)cc1. The number of benzene rings is 2. The van der Waals surface area contributed by atoms with Crippen molar-refractivity contribution in [3.8, 4) is 17.6 Å². The van der Waals surface area contributed by atoms with E-state index >= 15 is 0 Å². The molecule has 1 amide bonds. The van der Waals surface area contributed by atoms with Crippen molar-refractivity contribution in [1.82, 2.24) is 5.32 Å². The van der Waals surface area contributed by atoms with E-state index in [4.69, 9.17) is 4.74 Å². The molecular formula is C18H12BrF5N2O3. The molecule has 11 heteroatoms. The van der Waals surface area contributed by atoms with Crippen molar-refractivity contribution in [2.75, 3.05) is 0 Å². The molecule has 29 heavy (non-hydrogen) atoms. The summed E-state index contributed by atoms with van der Waals surface area (Å²) in [5, 5.41) is 11.6. The first-order valence-corrected chi connectivity index (χ1v) is 8.67. The van der Waals surface area contributed by atoms with Crippen LogP contribution in [0.2, 0.25) is 0 Å². The third-order valence-electron chi connectivity index (χ3n) is 3.53. The zero-order valence-corrected chi connectivity index (χ0v) is 16.1. The molecule has 0 fully saturated rings. The highest BCUT2D eigenvalue weighted by molar-refractivity contribution is 9.10. The molecule has 154 valence electrons. The van der Waals surface area contributed by atoms with Gasteiger partial charge in [0.1, 0.15) is 17.6 Å². The summed E-state index contributed by atoms with van der Waals surface area (Å²) in [5.41, 5.74) is -0.0269. The lowest BCUT2D eigenvalue weighted by molar-refractivity contribution is -0.274. The van der Waals surface area contributed by atoms with E-state index in [1.807, 2.05) is 0 Å². The average molecular weight is 479 g/mol. The first kappa shape index (κ1) is 22.4. The summed E-state index contributed by atoms with van der Waals surface area (Å²) in [5.74, 6) is -3.60. The van der Waals surface area contributed by atoms with Crippen molar-refractivity contribution >= 4 is 21.8 Å².